The second-order valence-corrected chi connectivity index (χ2v) is 5.25. The Morgan fingerprint density at radius 2 is 2.00 bits per heavy atom. The van der Waals surface area contributed by atoms with Crippen LogP contribution >= 0.6 is 34.8 Å². The van der Waals surface area contributed by atoms with Crippen LogP contribution in [-0.4, -0.2) is 9.78 Å². The van der Waals surface area contributed by atoms with Crippen LogP contribution in [0.15, 0.2) is 18.2 Å². The molecule has 0 bridgehead atoms. The quantitative estimate of drug-likeness (QED) is 0.813. The van der Waals surface area contributed by atoms with Crippen molar-refractivity contribution in [2.24, 2.45) is 0 Å². The van der Waals surface area contributed by atoms with Crippen molar-refractivity contribution in [3.63, 3.8) is 0 Å². The smallest absolute Gasteiger partial charge is 0.139 e. The van der Waals surface area contributed by atoms with Gasteiger partial charge in [0.05, 0.1) is 21.4 Å². The fourth-order valence-corrected chi connectivity index (χ4v) is 2.26. The second-order valence-electron chi connectivity index (χ2n) is 4.03. The van der Waals surface area contributed by atoms with Gasteiger partial charge in [0.2, 0.25) is 0 Å². The first-order chi connectivity index (χ1) is 9.02. The lowest BCUT2D eigenvalue weighted by molar-refractivity contribution is 0.293. The first-order valence-electron chi connectivity index (χ1n) is 5.82. The van der Waals surface area contributed by atoms with E-state index in [1.54, 1.807) is 18.2 Å². The maximum Gasteiger partial charge on any atom is 0.139 e. The Bertz CT molecular complexity index is 596. The first kappa shape index (κ1) is 14.5. The van der Waals surface area contributed by atoms with E-state index in [0.29, 0.717) is 27.4 Å². The zero-order chi connectivity index (χ0) is 14.0. The van der Waals surface area contributed by atoms with E-state index in [0.717, 1.165) is 17.9 Å². The fourth-order valence-electron chi connectivity index (χ4n) is 1.74. The molecule has 2 aromatic rings. The lowest BCUT2D eigenvalue weighted by Crippen LogP contribution is -2.06. The van der Waals surface area contributed by atoms with Crippen LogP contribution < -0.4 is 4.74 Å². The zero-order valence-corrected chi connectivity index (χ0v) is 12.9. The molecule has 0 atom stereocenters. The number of aryl methyl sites for hydroxylation is 2. The van der Waals surface area contributed by atoms with E-state index in [9.17, 15) is 0 Å². The molecule has 1 aromatic heterocycles. The van der Waals surface area contributed by atoms with Crippen molar-refractivity contribution >= 4 is 34.8 Å². The van der Waals surface area contributed by atoms with Crippen LogP contribution in [-0.2, 0) is 13.2 Å². The van der Waals surface area contributed by atoms with E-state index in [4.69, 9.17) is 39.5 Å². The van der Waals surface area contributed by atoms with Gasteiger partial charge in [-0.15, -0.1) is 0 Å². The van der Waals surface area contributed by atoms with Crippen LogP contribution in [0.25, 0.3) is 0 Å². The van der Waals surface area contributed by atoms with Gasteiger partial charge in [-0.05, 0) is 26.0 Å². The van der Waals surface area contributed by atoms with Gasteiger partial charge >= 0.3 is 0 Å². The SMILES string of the molecule is CCn1nc(C)c(Cl)c1COc1cc(Cl)ccc1Cl. The number of nitrogens with zero attached hydrogens (tertiary/aromatic N) is 2. The summed E-state index contributed by atoms with van der Waals surface area (Å²) >= 11 is 18.2. The van der Waals surface area contributed by atoms with Gasteiger partial charge in [-0.1, -0.05) is 34.8 Å². The minimum absolute atomic E-state index is 0.299. The molecule has 3 nitrogen and oxygen atoms in total. The van der Waals surface area contributed by atoms with Crippen molar-refractivity contribution in [2.75, 3.05) is 0 Å². The number of benzene rings is 1. The zero-order valence-electron chi connectivity index (χ0n) is 10.6. The molecular weight excluding hydrogens is 307 g/mol. The molecule has 6 heteroatoms. The van der Waals surface area contributed by atoms with Gasteiger partial charge in [-0.25, -0.2) is 0 Å². The van der Waals surface area contributed by atoms with E-state index in [1.807, 2.05) is 18.5 Å². The second kappa shape index (κ2) is 6.04. The molecule has 0 N–H and O–H groups in total. The minimum atomic E-state index is 0.299. The van der Waals surface area contributed by atoms with Gasteiger partial charge in [0.15, 0.2) is 0 Å². The normalized spacial score (nSPS) is 10.8. The van der Waals surface area contributed by atoms with Crippen molar-refractivity contribution in [3.05, 3.63) is 44.7 Å². The average molecular weight is 320 g/mol. The maximum absolute atomic E-state index is 6.21. The Labute approximate surface area is 127 Å². The molecule has 0 aliphatic heterocycles. The predicted molar refractivity (Wildman–Crippen MR) is 78.4 cm³/mol. The molecule has 0 spiro atoms. The van der Waals surface area contributed by atoms with E-state index < -0.39 is 0 Å². The van der Waals surface area contributed by atoms with Crippen molar-refractivity contribution in [1.29, 1.82) is 0 Å². The Hall–Kier alpha value is -0.900. The summed E-state index contributed by atoms with van der Waals surface area (Å²) in [6.07, 6.45) is 0. The molecular formula is C13H13Cl3N2O. The van der Waals surface area contributed by atoms with Crippen LogP contribution in [0.4, 0.5) is 0 Å². The molecule has 0 fully saturated rings. The van der Waals surface area contributed by atoms with E-state index in [1.165, 1.54) is 0 Å². The third kappa shape index (κ3) is 3.16. The summed E-state index contributed by atoms with van der Waals surface area (Å²) in [5, 5.41) is 6.04. The summed E-state index contributed by atoms with van der Waals surface area (Å²) in [6.45, 7) is 4.89. The average Bonchev–Trinajstić information content (AvgIpc) is 2.66. The van der Waals surface area contributed by atoms with Crippen molar-refractivity contribution in [2.45, 2.75) is 27.0 Å². The molecule has 0 amide bonds. The van der Waals surface area contributed by atoms with Crippen LogP contribution in [0.2, 0.25) is 15.1 Å². The molecule has 0 saturated heterocycles. The van der Waals surface area contributed by atoms with Gasteiger partial charge in [0, 0.05) is 17.6 Å². The van der Waals surface area contributed by atoms with Gasteiger partial charge in [0.25, 0.3) is 0 Å². The highest BCUT2D eigenvalue weighted by Crippen LogP contribution is 2.29. The molecule has 1 aromatic carbocycles. The third-order valence-corrected chi connectivity index (χ3v) is 3.75. The number of rotatable bonds is 4. The highest BCUT2D eigenvalue weighted by Gasteiger charge is 2.13. The summed E-state index contributed by atoms with van der Waals surface area (Å²) < 4.78 is 7.49. The fraction of sp³-hybridized carbons (Fsp3) is 0.308. The largest absolute Gasteiger partial charge is 0.486 e. The highest BCUT2D eigenvalue weighted by molar-refractivity contribution is 6.34. The van der Waals surface area contributed by atoms with Gasteiger partial charge in [-0.3, -0.25) is 4.68 Å². The highest BCUT2D eigenvalue weighted by atomic mass is 35.5. The Balaban J connectivity index is 2.21. The molecule has 19 heavy (non-hydrogen) atoms. The van der Waals surface area contributed by atoms with Crippen molar-refractivity contribution in [3.8, 4) is 5.75 Å². The lowest BCUT2D eigenvalue weighted by atomic mass is 10.3. The summed E-state index contributed by atoms with van der Waals surface area (Å²) in [7, 11) is 0. The van der Waals surface area contributed by atoms with Crippen molar-refractivity contribution < 1.29 is 4.74 Å². The standard InChI is InChI=1S/C13H13Cl3N2O/c1-3-18-11(13(16)8(2)17-18)7-19-12-6-9(14)4-5-10(12)15/h4-6H,3,7H2,1-2H3. The Kier molecular flexibility index (Phi) is 4.61. The van der Waals surface area contributed by atoms with Crippen LogP contribution in [0.1, 0.15) is 18.3 Å². The van der Waals surface area contributed by atoms with Gasteiger partial charge < -0.3 is 4.74 Å². The summed E-state index contributed by atoms with van der Waals surface area (Å²) in [5.41, 5.74) is 1.62. The summed E-state index contributed by atoms with van der Waals surface area (Å²) in [4.78, 5) is 0. The van der Waals surface area contributed by atoms with Crippen LogP contribution in [0.5, 0.6) is 5.75 Å². The number of halogens is 3. The molecule has 0 aliphatic rings. The number of hydrogen-bond donors (Lipinski definition) is 0. The number of aromatic nitrogens is 2. The van der Waals surface area contributed by atoms with Crippen LogP contribution in [0, 0.1) is 6.92 Å². The molecule has 2 rings (SSSR count). The number of ether oxygens (including phenoxy) is 1. The van der Waals surface area contributed by atoms with Crippen molar-refractivity contribution in [1.82, 2.24) is 9.78 Å². The van der Waals surface area contributed by atoms with E-state index in [2.05, 4.69) is 5.10 Å². The predicted octanol–water partition coefficient (Wildman–Crippen LogP) is 4.75. The molecule has 102 valence electrons. The third-order valence-electron chi connectivity index (χ3n) is 2.71. The summed E-state index contributed by atoms with van der Waals surface area (Å²) in [5.74, 6) is 0.534. The molecule has 0 unspecified atom stereocenters. The monoisotopic (exact) mass is 318 g/mol. The van der Waals surface area contributed by atoms with Gasteiger partial charge in [-0.2, -0.15) is 5.10 Å². The first-order valence-corrected chi connectivity index (χ1v) is 6.96. The minimum Gasteiger partial charge on any atom is -0.486 e. The molecule has 1 heterocycles. The topological polar surface area (TPSA) is 27.1 Å². The van der Waals surface area contributed by atoms with E-state index >= 15 is 0 Å². The Morgan fingerprint density at radius 1 is 1.26 bits per heavy atom. The van der Waals surface area contributed by atoms with Crippen LogP contribution in [0.3, 0.4) is 0 Å². The lowest BCUT2D eigenvalue weighted by Gasteiger charge is -2.10. The molecule has 0 radical (unpaired) electrons. The van der Waals surface area contributed by atoms with Gasteiger partial charge in [0.1, 0.15) is 12.4 Å². The van der Waals surface area contributed by atoms with E-state index in [-0.39, 0.29) is 0 Å². The molecule has 0 saturated carbocycles. The molecule has 0 aliphatic carbocycles. The summed E-state index contributed by atoms with van der Waals surface area (Å²) in [6, 6.07) is 5.09. The Morgan fingerprint density at radius 3 is 2.68 bits per heavy atom. The maximum atomic E-state index is 6.21. The number of hydrogen-bond acceptors (Lipinski definition) is 2.